The summed E-state index contributed by atoms with van der Waals surface area (Å²) in [7, 11) is 0. The Labute approximate surface area is 217 Å². The molecule has 36 heavy (non-hydrogen) atoms. The molecule has 9 heteroatoms. The Morgan fingerprint density at radius 2 is 1.69 bits per heavy atom. The van der Waals surface area contributed by atoms with E-state index in [4.69, 9.17) is 24.5 Å². The number of aliphatic hydroxyl groups excluding tert-OH is 1. The molecule has 1 fully saturated rings. The van der Waals surface area contributed by atoms with Crippen molar-refractivity contribution in [1.29, 1.82) is 0 Å². The molecule has 4 aromatic rings. The van der Waals surface area contributed by atoms with Gasteiger partial charge in [0.15, 0.2) is 0 Å². The molecule has 0 aliphatic carbocycles. The zero-order valence-electron chi connectivity index (χ0n) is 19.9. The van der Waals surface area contributed by atoms with Gasteiger partial charge < -0.3 is 25.0 Å². The molecular weight excluding hydrogens is 498 g/mol. The number of likely N-dealkylation sites (tertiary alicyclic amines) is 1. The van der Waals surface area contributed by atoms with Crippen LogP contribution in [-0.4, -0.2) is 64.5 Å². The molecule has 0 saturated carbocycles. The molecule has 190 valence electrons. The van der Waals surface area contributed by atoms with Crippen LogP contribution in [0.4, 0.5) is 0 Å². The van der Waals surface area contributed by atoms with E-state index in [2.05, 4.69) is 53.6 Å². The van der Waals surface area contributed by atoms with Gasteiger partial charge in [-0.15, -0.1) is 22.7 Å². The Balaban J connectivity index is 0.000000455. The summed E-state index contributed by atoms with van der Waals surface area (Å²) in [6.07, 6.45) is 1.85. The quantitative estimate of drug-likeness (QED) is 0.296. The number of β-amino-alcohol motifs (C(OH)–C–C–N with tert-alkyl or cyclic N) is 1. The highest BCUT2D eigenvalue weighted by atomic mass is 32.1. The first-order valence-corrected chi connectivity index (χ1v) is 13.5. The van der Waals surface area contributed by atoms with Crippen molar-refractivity contribution in [3.63, 3.8) is 0 Å². The highest BCUT2D eigenvalue weighted by Crippen LogP contribution is 2.39. The zero-order valence-corrected chi connectivity index (χ0v) is 21.6. The summed E-state index contributed by atoms with van der Waals surface area (Å²) in [5, 5.41) is 30.0. The van der Waals surface area contributed by atoms with Gasteiger partial charge in [-0.3, -0.25) is 0 Å². The third kappa shape index (κ3) is 6.22. The summed E-state index contributed by atoms with van der Waals surface area (Å²) in [6, 6.07) is 16.9. The molecule has 3 N–H and O–H groups in total. The van der Waals surface area contributed by atoms with Crippen LogP contribution >= 0.6 is 22.7 Å². The lowest BCUT2D eigenvalue weighted by Gasteiger charge is -2.33. The molecule has 0 spiro atoms. The summed E-state index contributed by atoms with van der Waals surface area (Å²) >= 11 is 3.68. The van der Waals surface area contributed by atoms with Gasteiger partial charge in [0.05, 0.1) is 0 Å². The number of benzene rings is 2. The highest BCUT2D eigenvalue weighted by molar-refractivity contribution is 7.19. The molecule has 5 rings (SSSR count). The second-order valence-corrected chi connectivity index (χ2v) is 10.9. The number of aryl methyl sites for hydroxylation is 1. The Bertz CT molecular complexity index is 1330. The Morgan fingerprint density at radius 3 is 2.39 bits per heavy atom. The monoisotopic (exact) mass is 527 g/mol. The smallest absolute Gasteiger partial charge is 0.414 e. The third-order valence-electron chi connectivity index (χ3n) is 6.38. The van der Waals surface area contributed by atoms with Crippen LogP contribution in [0.1, 0.15) is 29.2 Å². The lowest BCUT2D eigenvalue weighted by atomic mass is 9.92. The number of hydrogen-bond acceptors (Lipinski definition) is 7. The molecule has 0 bridgehead atoms. The molecule has 0 radical (unpaired) electrons. The van der Waals surface area contributed by atoms with E-state index in [1.165, 1.54) is 20.3 Å². The van der Waals surface area contributed by atoms with Crippen molar-refractivity contribution in [1.82, 2.24) is 4.90 Å². The van der Waals surface area contributed by atoms with Crippen molar-refractivity contribution in [2.45, 2.75) is 31.8 Å². The van der Waals surface area contributed by atoms with E-state index in [9.17, 15) is 5.11 Å². The van der Waals surface area contributed by atoms with Gasteiger partial charge in [-0.2, -0.15) is 0 Å². The van der Waals surface area contributed by atoms with E-state index in [0.29, 0.717) is 19.1 Å². The predicted molar refractivity (Wildman–Crippen MR) is 144 cm³/mol. The fourth-order valence-corrected chi connectivity index (χ4v) is 6.77. The summed E-state index contributed by atoms with van der Waals surface area (Å²) < 4.78 is 8.58. The molecule has 0 unspecified atom stereocenters. The summed E-state index contributed by atoms with van der Waals surface area (Å²) in [6.45, 7) is 5.36. The van der Waals surface area contributed by atoms with Crippen LogP contribution in [-0.2, 0) is 9.59 Å². The van der Waals surface area contributed by atoms with Gasteiger partial charge in [-0.1, -0.05) is 24.3 Å². The minimum absolute atomic E-state index is 0.338. The van der Waals surface area contributed by atoms with Crippen LogP contribution in [0, 0.1) is 6.92 Å². The number of hydrogen-bond donors (Lipinski definition) is 3. The number of nitrogens with zero attached hydrogens (tertiary/aromatic N) is 1. The molecular formula is C27H29NO6S2. The average molecular weight is 528 g/mol. The number of carboxylic acid groups (broad SMARTS) is 2. The highest BCUT2D eigenvalue weighted by Gasteiger charge is 2.25. The standard InChI is InChI=1S/C25H27NO2S2.C2H2O4/c1-17-20-5-2-3-7-24(20)30-25(17)18-9-12-26(13-10-18)15-19(27)16-28-22-6-4-8-23-21(22)11-14-29-23;3-1(4)2(5)6/h2-8,11,14,18-19,27H,9-10,12-13,15-16H2,1H3;(H,3,4)(H,5,6)/t19-;/m0./s1. The number of aliphatic hydroxyl groups is 1. The van der Waals surface area contributed by atoms with Crippen LogP contribution in [0.3, 0.4) is 0 Å². The fourth-order valence-electron chi connectivity index (χ4n) is 4.59. The van der Waals surface area contributed by atoms with Gasteiger partial charge in [-0.05, 0) is 79.4 Å². The molecule has 1 atom stereocenters. The number of rotatable bonds is 6. The van der Waals surface area contributed by atoms with Crippen molar-refractivity contribution in [3.05, 3.63) is 64.4 Å². The van der Waals surface area contributed by atoms with Gasteiger partial charge in [0.2, 0.25) is 0 Å². The van der Waals surface area contributed by atoms with Crippen LogP contribution in [0.15, 0.2) is 53.9 Å². The lowest BCUT2D eigenvalue weighted by molar-refractivity contribution is -0.159. The van der Waals surface area contributed by atoms with Gasteiger partial charge >= 0.3 is 11.9 Å². The van der Waals surface area contributed by atoms with Crippen LogP contribution < -0.4 is 4.74 Å². The minimum atomic E-state index is -1.82. The number of aliphatic carboxylic acids is 2. The molecule has 1 saturated heterocycles. The van der Waals surface area contributed by atoms with Crippen molar-refractivity contribution < 1.29 is 29.6 Å². The Kier molecular flexibility index (Phi) is 8.58. The van der Waals surface area contributed by atoms with E-state index >= 15 is 0 Å². The molecule has 0 amide bonds. The molecule has 1 aliphatic heterocycles. The predicted octanol–water partition coefficient (Wildman–Crippen LogP) is 5.20. The zero-order chi connectivity index (χ0) is 25.7. The third-order valence-corrected chi connectivity index (χ3v) is 8.70. The lowest BCUT2D eigenvalue weighted by Crippen LogP contribution is -2.40. The second kappa shape index (κ2) is 11.8. The van der Waals surface area contributed by atoms with E-state index < -0.39 is 18.0 Å². The molecule has 2 aromatic heterocycles. The fraction of sp³-hybridized carbons (Fsp3) is 0.333. The number of carboxylic acids is 2. The summed E-state index contributed by atoms with van der Waals surface area (Å²) in [4.78, 5) is 22.1. The van der Waals surface area contributed by atoms with Crippen molar-refractivity contribution in [3.8, 4) is 5.75 Å². The maximum Gasteiger partial charge on any atom is 0.414 e. The largest absolute Gasteiger partial charge is 0.490 e. The van der Waals surface area contributed by atoms with Gasteiger partial charge in [0.25, 0.3) is 0 Å². The minimum Gasteiger partial charge on any atom is -0.490 e. The molecule has 7 nitrogen and oxygen atoms in total. The Hall–Kier alpha value is -2.98. The number of fused-ring (bicyclic) bond motifs is 2. The van der Waals surface area contributed by atoms with Crippen molar-refractivity contribution >= 4 is 54.8 Å². The maximum atomic E-state index is 10.5. The van der Waals surface area contributed by atoms with E-state index in [1.807, 2.05) is 23.5 Å². The first-order valence-electron chi connectivity index (χ1n) is 11.8. The van der Waals surface area contributed by atoms with E-state index in [0.717, 1.165) is 37.1 Å². The molecule has 2 aromatic carbocycles. The summed E-state index contributed by atoms with van der Waals surface area (Å²) in [5.41, 5.74) is 1.46. The normalized spacial score (nSPS) is 15.4. The number of carbonyl (C=O) groups is 2. The topological polar surface area (TPSA) is 107 Å². The molecule has 3 heterocycles. The summed E-state index contributed by atoms with van der Waals surface area (Å²) in [5.74, 6) is -2.14. The van der Waals surface area contributed by atoms with Crippen LogP contribution in [0.2, 0.25) is 0 Å². The van der Waals surface area contributed by atoms with Gasteiger partial charge in [0.1, 0.15) is 18.5 Å². The van der Waals surface area contributed by atoms with Gasteiger partial charge in [0, 0.05) is 26.2 Å². The second-order valence-electron chi connectivity index (χ2n) is 8.83. The van der Waals surface area contributed by atoms with E-state index in [1.54, 1.807) is 16.2 Å². The number of thiophene rings is 2. The van der Waals surface area contributed by atoms with Crippen LogP contribution in [0.5, 0.6) is 5.75 Å². The van der Waals surface area contributed by atoms with Crippen molar-refractivity contribution in [2.24, 2.45) is 0 Å². The first-order chi connectivity index (χ1) is 17.3. The average Bonchev–Trinajstić information content (AvgIpc) is 3.49. The number of ether oxygens (including phenoxy) is 1. The number of piperidine rings is 1. The van der Waals surface area contributed by atoms with Crippen molar-refractivity contribution in [2.75, 3.05) is 26.2 Å². The molecule has 1 aliphatic rings. The Morgan fingerprint density at radius 1 is 1.00 bits per heavy atom. The SMILES string of the molecule is Cc1c(C2CCN(C[C@H](O)COc3cccc4sccc34)CC2)sc2ccccc12.O=C(O)C(=O)O. The maximum absolute atomic E-state index is 10.5. The van der Waals surface area contributed by atoms with Gasteiger partial charge in [-0.25, -0.2) is 9.59 Å². The van der Waals surface area contributed by atoms with E-state index in [-0.39, 0.29) is 0 Å². The van der Waals surface area contributed by atoms with Crippen LogP contribution in [0.25, 0.3) is 20.2 Å². The first kappa shape index (κ1) is 26.1.